The Morgan fingerprint density at radius 3 is 2.63 bits per heavy atom. The van der Waals surface area contributed by atoms with Gasteiger partial charge in [0.2, 0.25) is 0 Å². The van der Waals surface area contributed by atoms with Gasteiger partial charge in [-0.05, 0) is 18.9 Å². The summed E-state index contributed by atoms with van der Waals surface area (Å²) in [6.07, 6.45) is 1.59. The van der Waals surface area contributed by atoms with Crippen LogP contribution in [-0.2, 0) is 14.3 Å². The minimum Gasteiger partial charge on any atom is -0.459 e. The highest BCUT2D eigenvalue weighted by atomic mass is 16.5. The second kappa shape index (κ2) is 4.65. The van der Waals surface area contributed by atoms with Gasteiger partial charge in [-0.25, -0.2) is 4.79 Å². The number of esters is 1. The summed E-state index contributed by atoms with van der Waals surface area (Å²) in [6.45, 7) is 1.83. The van der Waals surface area contributed by atoms with Crippen molar-refractivity contribution in [3.63, 3.8) is 0 Å². The van der Waals surface area contributed by atoms with Crippen LogP contribution in [-0.4, -0.2) is 17.9 Å². The maximum Gasteiger partial charge on any atom is 0.335 e. The molecule has 0 radical (unpaired) electrons. The number of Topliss-reactive ketones (excluding diaryl/α,β-unsaturated/α-hetero) is 1. The molecule has 2 atom stereocenters. The fourth-order valence-corrected chi connectivity index (χ4v) is 3.01. The Kier molecular flexibility index (Phi) is 2.97. The van der Waals surface area contributed by atoms with Crippen molar-refractivity contribution < 1.29 is 14.3 Å². The van der Waals surface area contributed by atoms with E-state index in [0.717, 1.165) is 5.56 Å². The van der Waals surface area contributed by atoms with Crippen LogP contribution < -0.4 is 0 Å². The second-order valence-electron chi connectivity index (χ2n) is 5.24. The summed E-state index contributed by atoms with van der Waals surface area (Å²) in [6, 6.07) is 9.90. The van der Waals surface area contributed by atoms with Crippen molar-refractivity contribution >= 4 is 11.8 Å². The molecule has 0 N–H and O–H groups in total. The minimum atomic E-state index is -0.310. The molecule has 1 heterocycles. The third kappa shape index (κ3) is 2.09. The van der Waals surface area contributed by atoms with E-state index >= 15 is 0 Å². The minimum absolute atomic E-state index is 0.00824. The molecule has 0 unspecified atom stereocenters. The summed E-state index contributed by atoms with van der Waals surface area (Å²) in [5.41, 5.74) is 2.39. The van der Waals surface area contributed by atoms with Gasteiger partial charge < -0.3 is 4.74 Å². The molecule has 1 aromatic carbocycles. The van der Waals surface area contributed by atoms with Gasteiger partial charge >= 0.3 is 5.97 Å². The van der Waals surface area contributed by atoms with E-state index in [1.807, 2.05) is 37.3 Å². The number of hydrogen-bond acceptors (Lipinski definition) is 3. The Balaban J connectivity index is 2.08. The highest BCUT2D eigenvalue weighted by Crippen LogP contribution is 2.40. The molecule has 0 amide bonds. The molecule has 2 aliphatic rings. The van der Waals surface area contributed by atoms with Gasteiger partial charge in [0.15, 0.2) is 5.78 Å². The number of cyclic esters (lactones) is 1. The second-order valence-corrected chi connectivity index (χ2v) is 5.24. The monoisotopic (exact) mass is 256 g/mol. The Morgan fingerprint density at radius 2 is 1.89 bits per heavy atom. The van der Waals surface area contributed by atoms with Gasteiger partial charge in [0, 0.05) is 24.3 Å². The van der Waals surface area contributed by atoms with Gasteiger partial charge in [-0.1, -0.05) is 30.3 Å². The SMILES string of the molecule is C[C@H]1CC2=C(C(=O)O1)[C@@H](c1ccccc1)CCC2=O. The average molecular weight is 256 g/mol. The summed E-state index contributed by atoms with van der Waals surface area (Å²) in [5.74, 6) is -0.185. The molecule has 19 heavy (non-hydrogen) atoms. The molecule has 1 aliphatic carbocycles. The van der Waals surface area contributed by atoms with Crippen LogP contribution in [0.15, 0.2) is 41.5 Å². The van der Waals surface area contributed by atoms with Crippen LogP contribution >= 0.6 is 0 Å². The third-order valence-electron chi connectivity index (χ3n) is 3.89. The molecule has 0 bridgehead atoms. The van der Waals surface area contributed by atoms with E-state index in [1.165, 1.54) is 0 Å². The van der Waals surface area contributed by atoms with Gasteiger partial charge in [0.05, 0.1) is 5.57 Å². The molecule has 3 rings (SSSR count). The first kappa shape index (κ1) is 12.2. The number of ketones is 1. The van der Waals surface area contributed by atoms with Gasteiger partial charge in [0.1, 0.15) is 6.10 Å². The van der Waals surface area contributed by atoms with Crippen LogP contribution in [0.2, 0.25) is 0 Å². The van der Waals surface area contributed by atoms with E-state index < -0.39 is 0 Å². The first-order valence-corrected chi connectivity index (χ1v) is 6.69. The molecular formula is C16H16O3. The fourth-order valence-electron chi connectivity index (χ4n) is 3.01. The Hall–Kier alpha value is -1.90. The highest BCUT2D eigenvalue weighted by Gasteiger charge is 2.38. The molecule has 1 aromatic rings. The molecule has 0 fully saturated rings. The smallest absolute Gasteiger partial charge is 0.335 e. The molecule has 1 aliphatic heterocycles. The molecule has 3 nitrogen and oxygen atoms in total. The van der Waals surface area contributed by atoms with Crippen molar-refractivity contribution in [3.8, 4) is 0 Å². The lowest BCUT2D eigenvalue weighted by molar-refractivity contribution is -0.146. The number of ether oxygens (including phenoxy) is 1. The van der Waals surface area contributed by atoms with Crippen LogP contribution in [0.3, 0.4) is 0 Å². The largest absolute Gasteiger partial charge is 0.459 e. The lowest BCUT2D eigenvalue weighted by Gasteiger charge is -2.32. The van der Waals surface area contributed by atoms with Crippen LogP contribution in [0.1, 0.15) is 37.7 Å². The maximum atomic E-state index is 12.1. The summed E-state index contributed by atoms with van der Waals surface area (Å²) < 4.78 is 5.31. The summed E-state index contributed by atoms with van der Waals surface area (Å²) >= 11 is 0. The molecule has 98 valence electrons. The van der Waals surface area contributed by atoms with Crippen LogP contribution in [0.4, 0.5) is 0 Å². The van der Waals surface area contributed by atoms with Gasteiger partial charge in [0.25, 0.3) is 0 Å². The summed E-state index contributed by atoms with van der Waals surface area (Å²) in [5, 5.41) is 0. The Morgan fingerprint density at radius 1 is 1.16 bits per heavy atom. The predicted molar refractivity (Wildman–Crippen MR) is 70.6 cm³/mol. The van der Waals surface area contributed by atoms with E-state index in [2.05, 4.69) is 0 Å². The number of hydrogen-bond donors (Lipinski definition) is 0. The number of rotatable bonds is 1. The van der Waals surface area contributed by atoms with Crippen LogP contribution in [0.25, 0.3) is 0 Å². The molecule has 0 aromatic heterocycles. The zero-order valence-corrected chi connectivity index (χ0v) is 10.9. The van der Waals surface area contributed by atoms with Gasteiger partial charge in [-0.2, -0.15) is 0 Å². The number of benzene rings is 1. The van der Waals surface area contributed by atoms with E-state index in [4.69, 9.17) is 4.74 Å². The summed E-state index contributed by atoms with van der Waals surface area (Å²) in [7, 11) is 0. The van der Waals surface area contributed by atoms with Crippen LogP contribution in [0.5, 0.6) is 0 Å². The molecule has 0 spiro atoms. The maximum absolute atomic E-state index is 12.1. The topological polar surface area (TPSA) is 43.4 Å². The first-order valence-electron chi connectivity index (χ1n) is 6.69. The van der Waals surface area contributed by atoms with Crippen molar-refractivity contribution in [1.82, 2.24) is 0 Å². The lowest BCUT2D eigenvalue weighted by Crippen LogP contribution is -2.33. The highest BCUT2D eigenvalue weighted by molar-refractivity contribution is 6.07. The third-order valence-corrected chi connectivity index (χ3v) is 3.89. The van der Waals surface area contributed by atoms with Crippen LogP contribution in [0, 0.1) is 0 Å². The van der Waals surface area contributed by atoms with E-state index in [9.17, 15) is 9.59 Å². The van der Waals surface area contributed by atoms with Crippen molar-refractivity contribution in [3.05, 3.63) is 47.0 Å². The molecule has 3 heteroatoms. The summed E-state index contributed by atoms with van der Waals surface area (Å²) in [4.78, 5) is 24.2. The lowest BCUT2D eigenvalue weighted by atomic mass is 9.76. The predicted octanol–water partition coefficient (Wildman–Crippen LogP) is 2.77. The number of carbonyl (C=O) groups is 2. The van der Waals surface area contributed by atoms with E-state index in [0.29, 0.717) is 30.4 Å². The standard InChI is InChI=1S/C16H16O3/c1-10-9-13-14(17)8-7-12(15(13)16(18)19-10)11-5-3-2-4-6-11/h2-6,10,12H,7-9H2,1H3/t10-,12+/m0/s1. The van der Waals surface area contributed by atoms with Crippen molar-refractivity contribution in [2.45, 2.75) is 38.2 Å². The molecule has 0 saturated heterocycles. The number of carbonyl (C=O) groups excluding carboxylic acids is 2. The van der Waals surface area contributed by atoms with Gasteiger partial charge in [-0.3, -0.25) is 4.79 Å². The Bertz CT molecular complexity index is 557. The molecule has 0 saturated carbocycles. The van der Waals surface area contributed by atoms with Crippen molar-refractivity contribution in [1.29, 1.82) is 0 Å². The zero-order chi connectivity index (χ0) is 13.4. The quantitative estimate of drug-likeness (QED) is 0.726. The van der Waals surface area contributed by atoms with Crippen molar-refractivity contribution in [2.24, 2.45) is 0 Å². The fraction of sp³-hybridized carbons (Fsp3) is 0.375. The van der Waals surface area contributed by atoms with E-state index in [1.54, 1.807) is 0 Å². The van der Waals surface area contributed by atoms with E-state index in [-0.39, 0.29) is 23.8 Å². The Labute approximate surface area is 112 Å². The normalized spacial score (nSPS) is 27.0. The first-order chi connectivity index (χ1) is 9.16. The van der Waals surface area contributed by atoms with Crippen molar-refractivity contribution in [2.75, 3.05) is 0 Å². The average Bonchev–Trinajstić information content (AvgIpc) is 2.41. The molecular weight excluding hydrogens is 240 g/mol. The van der Waals surface area contributed by atoms with Gasteiger partial charge in [-0.15, -0.1) is 0 Å². The zero-order valence-electron chi connectivity index (χ0n) is 10.9.